The lowest BCUT2D eigenvalue weighted by Crippen LogP contribution is -2.41. The molecule has 0 saturated carbocycles. The fraction of sp³-hybridized carbons (Fsp3) is 0.217. The maximum atomic E-state index is 13.0. The Balaban J connectivity index is 1.32. The Bertz CT molecular complexity index is 1480. The van der Waals surface area contributed by atoms with E-state index in [2.05, 4.69) is 9.71 Å². The van der Waals surface area contributed by atoms with Crippen molar-refractivity contribution in [2.75, 3.05) is 19.4 Å². The summed E-state index contributed by atoms with van der Waals surface area (Å²) in [7, 11) is -2.31. The third-order valence-electron chi connectivity index (χ3n) is 5.80. The number of fused-ring (bicyclic) bond motifs is 2. The third-order valence-corrected chi connectivity index (χ3v) is 8.35. The van der Waals surface area contributed by atoms with E-state index in [4.69, 9.17) is 10.5 Å². The molecule has 2 aromatic carbocycles. The van der Waals surface area contributed by atoms with Crippen LogP contribution in [-0.2, 0) is 21.4 Å². The predicted octanol–water partition coefficient (Wildman–Crippen LogP) is 3.12. The van der Waals surface area contributed by atoms with Gasteiger partial charge in [0.15, 0.2) is 0 Å². The van der Waals surface area contributed by atoms with E-state index in [-0.39, 0.29) is 10.8 Å². The molecule has 170 valence electrons. The minimum Gasteiger partial charge on any atom is -0.497 e. The normalized spacial score (nSPS) is 16.7. The highest BCUT2D eigenvalue weighted by atomic mass is 32.2. The van der Waals surface area contributed by atoms with Crippen LogP contribution in [0.15, 0.2) is 59.6 Å². The van der Waals surface area contributed by atoms with Crippen molar-refractivity contribution in [3.63, 3.8) is 0 Å². The molecular weight excluding hydrogens is 460 g/mol. The van der Waals surface area contributed by atoms with Crippen molar-refractivity contribution in [3.8, 4) is 5.75 Å². The second-order valence-corrected chi connectivity index (χ2v) is 10.8. The van der Waals surface area contributed by atoms with Crippen LogP contribution >= 0.6 is 11.3 Å². The molecule has 0 unspecified atom stereocenters. The van der Waals surface area contributed by atoms with Gasteiger partial charge in [0, 0.05) is 27.7 Å². The van der Waals surface area contributed by atoms with Gasteiger partial charge in [-0.05, 0) is 53.6 Å². The molecule has 5 rings (SSSR count). The molecule has 33 heavy (non-hydrogen) atoms. The Kier molecular flexibility index (Phi) is 5.43. The summed E-state index contributed by atoms with van der Waals surface area (Å²) < 4.78 is 34.9. The minimum absolute atomic E-state index is 0.113. The van der Waals surface area contributed by atoms with Crippen molar-refractivity contribution in [1.29, 1.82) is 0 Å². The Hall–Kier alpha value is -3.21. The number of nitrogens with one attached hydrogen (secondary N) is 1. The molecule has 8 nitrogen and oxygen atoms in total. The van der Waals surface area contributed by atoms with Crippen LogP contribution in [0.5, 0.6) is 5.75 Å². The number of ether oxygens (including phenoxy) is 1. The van der Waals surface area contributed by atoms with Gasteiger partial charge in [-0.1, -0.05) is 12.1 Å². The van der Waals surface area contributed by atoms with Crippen LogP contribution < -0.4 is 15.2 Å². The maximum Gasteiger partial charge on any atom is 0.241 e. The number of methoxy groups -OCH3 is 1. The first kappa shape index (κ1) is 21.6. The zero-order chi connectivity index (χ0) is 23.2. The van der Waals surface area contributed by atoms with E-state index in [9.17, 15) is 13.2 Å². The lowest BCUT2D eigenvalue weighted by atomic mass is 10.1. The van der Waals surface area contributed by atoms with Crippen molar-refractivity contribution >= 4 is 53.9 Å². The highest BCUT2D eigenvalue weighted by molar-refractivity contribution is 7.89. The summed E-state index contributed by atoms with van der Waals surface area (Å²) in [6.45, 7) is 0.883. The number of nitrogen functional groups attached to an aromatic ring is 1. The molecule has 3 N–H and O–H groups in total. The Labute approximate surface area is 195 Å². The van der Waals surface area contributed by atoms with E-state index in [1.807, 2.05) is 24.3 Å². The molecule has 2 aromatic heterocycles. The second kappa shape index (κ2) is 8.29. The number of anilines is 1. The van der Waals surface area contributed by atoms with Crippen LogP contribution in [-0.4, -0.2) is 43.9 Å². The van der Waals surface area contributed by atoms with E-state index >= 15 is 0 Å². The Morgan fingerprint density at radius 3 is 2.79 bits per heavy atom. The van der Waals surface area contributed by atoms with Gasteiger partial charge in [-0.2, -0.15) is 4.72 Å². The van der Waals surface area contributed by atoms with Crippen molar-refractivity contribution in [2.24, 2.45) is 0 Å². The van der Waals surface area contributed by atoms with Crippen LogP contribution in [0.25, 0.3) is 20.9 Å². The summed E-state index contributed by atoms with van der Waals surface area (Å²) >= 11 is 1.55. The topological polar surface area (TPSA) is 115 Å². The van der Waals surface area contributed by atoms with Gasteiger partial charge in [0.05, 0.1) is 18.6 Å². The maximum absolute atomic E-state index is 13.0. The number of aromatic nitrogens is 1. The van der Waals surface area contributed by atoms with Crippen molar-refractivity contribution in [1.82, 2.24) is 14.6 Å². The number of nitrogens with two attached hydrogens (primary N) is 1. The first-order valence-electron chi connectivity index (χ1n) is 10.4. The van der Waals surface area contributed by atoms with E-state index in [1.165, 1.54) is 0 Å². The average molecular weight is 483 g/mol. The van der Waals surface area contributed by atoms with Crippen molar-refractivity contribution in [3.05, 3.63) is 59.6 Å². The number of carbonyl (C=O) groups excluding carboxylic acids is 1. The molecule has 1 amide bonds. The van der Waals surface area contributed by atoms with Crippen molar-refractivity contribution in [2.45, 2.75) is 23.9 Å². The number of amides is 1. The standard InChI is InChI=1S/C23H22N4O4S2/c1-31-16-4-2-14-3-5-18(11-15(14)10-16)33(29,30)26-20-7-9-27(23(20)28)13-17-12-19-21(32-17)6-8-25-22(19)24/h2-6,8,10-12,20,26H,7,9,13H2,1H3,(H2,24,25)/t20-/m0/s1. The van der Waals surface area contributed by atoms with Gasteiger partial charge in [-0.15, -0.1) is 11.3 Å². The summed E-state index contributed by atoms with van der Waals surface area (Å²) in [6, 6.07) is 13.4. The molecule has 0 aliphatic carbocycles. The monoisotopic (exact) mass is 482 g/mol. The summed E-state index contributed by atoms with van der Waals surface area (Å²) in [4.78, 5) is 19.8. The van der Waals surface area contributed by atoms with Crippen LogP contribution in [0, 0.1) is 0 Å². The highest BCUT2D eigenvalue weighted by Crippen LogP contribution is 2.30. The fourth-order valence-corrected chi connectivity index (χ4v) is 6.40. The SMILES string of the molecule is COc1ccc2ccc(S(=O)(=O)N[C@H]3CCN(Cc4cc5c(N)nccc5s4)C3=O)cc2c1. The van der Waals surface area contributed by atoms with Gasteiger partial charge in [0.2, 0.25) is 15.9 Å². The Morgan fingerprint density at radius 2 is 2.00 bits per heavy atom. The van der Waals surface area contributed by atoms with Crippen LogP contribution in [0.1, 0.15) is 11.3 Å². The molecule has 1 saturated heterocycles. The zero-order valence-corrected chi connectivity index (χ0v) is 19.4. The molecule has 1 aliphatic heterocycles. The minimum atomic E-state index is -3.87. The fourth-order valence-electron chi connectivity index (χ4n) is 4.06. The van der Waals surface area contributed by atoms with E-state index < -0.39 is 16.1 Å². The summed E-state index contributed by atoms with van der Waals surface area (Å²) in [5, 5.41) is 2.52. The number of pyridine rings is 1. The van der Waals surface area contributed by atoms with E-state index in [0.717, 1.165) is 25.7 Å². The molecule has 0 radical (unpaired) electrons. The number of thiophene rings is 1. The highest BCUT2D eigenvalue weighted by Gasteiger charge is 2.35. The van der Waals surface area contributed by atoms with Gasteiger partial charge < -0.3 is 15.4 Å². The van der Waals surface area contributed by atoms with Crippen molar-refractivity contribution < 1.29 is 17.9 Å². The number of sulfonamides is 1. The quantitative estimate of drug-likeness (QED) is 0.436. The number of rotatable bonds is 6. The molecule has 1 atom stereocenters. The largest absolute Gasteiger partial charge is 0.497 e. The summed E-state index contributed by atoms with van der Waals surface area (Å²) in [5.41, 5.74) is 5.93. The number of hydrogen-bond acceptors (Lipinski definition) is 7. The van der Waals surface area contributed by atoms with Gasteiger partial charge >= 0.3 is 0 Å². The third kappa shape index (κ3) is 4.12. The first-order valence-corrected chi connectivity index (χ1v) is 12.7. The van der Waals surface area contributed by atoms with Gasteiger partial charge in [-0.25, -0.2) is 13.4 Å². The predicted molar refractivity (Wildman–Crippen MR) is 129 cm³/mol. The smallest absolute Gasteiger partial charge is 0.241 e. The zero-order valence-electron chi connectivity index (χ0n) is 17.8. The van der Waals surface area contributed by atoms with Gasteiger partial charge in [0.25, 0.3) is 0 Å². The lowest BCUT2D eigenvalue weighted by Gasteiger charge is -2.16. The van der Waals surface area contributed by atoms with Crippen LogP contribution in [0.2, 0.25) is 0 Å². The molecule has 4 aromatic rings. The molecular formula is C23H22N4O4S2. The summed E-state index contributed by atoms with van der Waals surface area (Å²) in [5.74, 6) is 0.872. The van der Waals surface area contributed by atoms with Crippen LogP contribution in [0.4, 0.5) is 5.82 Å². The molecule has 0 bridgehead atoms. The Morgan fingerprint density at radius 1 is 1.18 bits per heavy atom. The summed E-state index contributed by atoms with van der Waals surface area (Å²) in [6.07, 6.45) is 2.07. The first-order chi connectivity index (χ1) is 15.8. The van der Waals surface area contributed by atoms with E-state index in [0.29, 0.717) is 31.1 Å². The number of nitrogens with zero attached hydrogens (tertiary/aromatic N) is 2. The van der Waals surface area contributed by atoms with E-state index in [1.54, 1.807) is 53.8 Å². The molecule has 10 heteroatoms. The number of likely N-dealkylation sites (tertiary alicyclic amines) is 1. The number of hydrogen-bond donors (Lipinski definition) is 2. The van der Waals surface area contributed by atoms with Gasteiger partial charge in [0.1, 0.15) is 17.6 Å². The van der Waals surface area contributed by atoms with Crippen LogP contribution in [0.3, 0.4) is 0 Å². The molecule has 1 aliphatic rings. The molecule has 0 spiro atoms. The lowest BCUT2D eigenvalue weighted by molar-refractivity contribution is -0.129. The number of benzene rings is 2. The number of carbonyl (C=O) groups is 1. The molecule has 1 fully saturated rings. The van der Waals surface area contributed by atoms with Gasteiger partial charge in [-0.3, -0.25) is 4.79 Å². The second-order valence-electron chi connectivity index (χ2n) is 7.92. The average Bonchev–Trinajstić information content (AvgIpc) is 3.37. The molecule has 3 heterocycles.